The summed E-state index contributed by atoms with van der Waals surface area (Å²) in [6, 6.07) is 4.16. The Kier molecular flexibility index (Phi) is 2.19. The van der Waals surface area contributed by atoms with Gasteiger partial charge in [-0.1, -0.05) is 6.07 Å². The summed E-state index contributed by atoms with van der Waals surface area (Å²) in [6.07, 6.45) is 3.23. The molecular weight excluding hydrogens is 185 g/mol. The van der Waals surface area contributed by atoms with Crippen molar-refractivity contribution in [1.29, 1.82) is 0 Å². The highest BCUT2D eigenvalue weighted by Crippen LogP contribution is 2.33. The maximum absolute atomic E-state index is 13.1. The molecule has 0 radical (unpaired) electrons. The average molecular weight is 195 g/mol. The van der Waals surface area contributed by atoms with Crippen molar-refractivity contribution in [2.45, 2.75) is 19.3 Å². The molecule has 2 rings (SSSR count). The van der Waals surface area contributed by atoms with Crippen LogP contribution in [0.25, 0.3) is 0 Å². The molecule has 3 nitrogen and oxygen atoms in total. The lowest BCUT2D eigenvalue weighted by molar-refractivity contribution is -0.387. The molecule has 0 amide bonds. The van der Waals surface area contributed by atoms with Crippen LogP contribution in [0.4, 0.5) is 10.1 Å². The summed E-state index contributed by atoms with van der Waals surface area (Å²) in [7, 11) is 0. The molecular formula is C10H10FNO2. The zero-order valence-corrected chi connectivity index (χ0v) is 7.57. The maximum atomic E-state index is 13.1. The van der Waals surface area contributed by atoms with E-state index in [0.717, 1.165) is 12.0 Å². The molecule has 0 atom stereocenters. The summed E-state index contributed by atoms with van der Waals surface area (Å²) in [4.78, 5) is 9.63. The number of benzene rings is 1. The van der Waals surface area contributed by atoms with Crippen LogP contribution >= 0.6 is 0 Å². The second kappa shape index (κ2) is 3.36. The summed E-state index contributed by atoms with van der Waals surface area (Å²) in [5.41, 5.74) is 0.417. The minimum absolute atomic E-state index is 0.440. The van der Waals surface area contributed by atoms with Gasteiger partial charge in [0.2, 0.25) is 5.82 Å². The van der Waals surface area contributed by atoms with Crippen molar-refractivity contribution in [2.75, 3.05) is 0 Å². The predicted molar refractivity (Wildman–Crippen MR) is 49.5 cm³/mol. The third-order valence-corrected chi connectivity index (χ3v) is 2.43. The van der Waals surface area contributed by atoms with Crippen molar-refractivity contribution in [3.8, 4) is 0 Å². The zero-order valence-electron chi connectivity index (χ0n) is 7.57. The van der Waals surface area contributed by atoms with E-state index < -0.39 is 16.4 Å². The number of nitro groups is 1. The molecule has 0 heterocycles. The lowest BCUT2D eigenvalue weighted by Crippen LogP contribution is -1.95. The molecule has 1 saturated carbocycles. The smallest absolute Gasteiger partial charge is 0.258 e. The largest absolute Gasteiger partial charge is 0.304 e. The van der Waals surface area contributed by atoms with E-state index in [-0.39, 0.29) is 0 Å². The first kappa shape index (κ1) is 9.12. The highest BCUT2D eigenvalue weighted by molar-refractivity contribution is 5.35. The molecule has 14 heavy (non-hydrogen) atoms. The van der Waals surface area contributed by atoms with Gasteiger partial charge in [-0.2, -0.15) is 4.39 Å². The topological polar surface area (TPSA) is 43.1 Å². The SMILES string of the molecule is O=[N+]([O-])c1ccc(CC2CC2)cc1F. The Hall–Kier alpha value is -1.45. The average Bonchev–Trinajstić information content (AvgIpc) is 2.87. The fourth-order valence-corrected chi connectivity index (χ4v) is 1.48. The van der Waals surface area contributed by atoms with Gasteiger partial charge in [0.25, 0.3) is 0 Å². The molecule has 1 aromatic rings. The van der Waals surface area contributed by atoms with Crippen molar-refractivity contribution in [3.63, 3.8) is 0 Å². The highest BCUT2D eigenvalue weighted by Gasteiger charge is 2.22. The van der Waals surface area contributed by atoms with E-state index in [9.17, 15) is 14.5 Å². The van der Waals surface area contributed by atoms with Gasteiger partial charge in [0.05, 0.1) is 4.92 Å². The van der Waals surface area contributed by atoms with Crippen molar-refractivity contribution in [3.05, 3.63) is 39.7 Å². The molecule has 0 saturated heterocycles. The first-order valence-corrected chi connectivity index (χ1v) is 4.59. The molecule has 0 aromatic heterocycles. The molecule has 0 bridgehead atoms. The fraction of sp³-hybridized carbons (Fsp3) is 0.400. The van der Waals surface area contributed by atoms with Crippen molar-refractivity contribution in [1.82, 2.24) is 0 Å². The third-order valence-electron chi connectivity index (χ3n) is 2.43. The molecule has 1 aromatic carbocycles. The third kappa shape index (κ3) is 1.89. The molecule has 1 aliphatic rings. The minimum Gasteiger partial charge on any atom is -0.258 e. The summed E-state index contributed by atoms with van der Waals surface area (Å²) >= 11 is 0. The van der Waals surface area contributed by atoms with Crippen LogP contribution in [-0.4, -0.2) is 4.92 Å². The van der Waals surface area contributed by atoms with Gasteiger partial charge in [-0.05, 0) is 36.8 Å². The lowest BCUT2D eigenvalue weighted by Gasteiger charge is -1.99. The Morgan fingerprint density at radius 2 is 2.21 bits per heavy atom. The second-order valence-electron chi connectivity index (χ2n) is 3.69. The van der Waals surface area contributed by atoms with Gasteiger partial charge in [-0.25, -0.2) is 0 Å². The maximum Gasteiger partial charge on any atom is 0.304 e. The van der Waals surface area contributed by atoms with E-state index >= 15 is 0 Å². The van der Waals surface area contributed by atoms with Gasteiger partial charge in [-0.15, -0.1) is 0 Å². The Morgan fingerprint density at radius 1 is 1.50 bits per heavy atom. The summed E-state index contributed by atoms with van der Waals surface area (Å²) in [5.74, 6) is -0.0657. The molecule has 74 valence electrons. The van der Waals surface area contributed by atoms with Gasteiger partial charge in [0, 0.05) is 6.07 Å². The molecule has 1 aliphatic carbocycles. The van der Waals surface area contributed by atoms with Crippen LogP contribution in [0.15, 0.2) is 18.2 Å². The lowest BCUT2D eigenvalue weighted by atomic mass is 10.1. The Labute approximate surface area is 80.7 Å². The van der Waals surface area contributed by atoms with Crippen LogP contribution < -0.4 is 0 Å². The molecule has 0 aliphatic heterocycles. The van der Waals surface area contributed by atoms with E-state index in [1.54, 1.807) is 6.07 Å². The van der Waals surface area contributed by atoms with Crippen LogP contribution in [0.1, 0.15) is 18.4 Å². The zero-order chi connectivity index (χ0) is 10.1. The van der Waals surface area contributed by atoms with Crippen LogP contribution in [0.3, 0.4) is 0 Å². The second-order valence-corrected chi connectivity index (χ2v) is 3.69. The fourth-order valence-electron chi connectivity index (χ4n) is 1.48. The van der Waals surface area contributed by atoms with Crippen LogP contribution in [0.5, 0.6) is 0 Å². The van der Waals surface area contributed by atoms with E-state index in [1.807, 2.05) is 0 Å². The highest BCUT2D eigenvalue weighted by atomic mass is 19.1. The number of nitro benzene ring substituents is 1. The Morgan fingerprint density at radius 3 is 2.71 bits per heavy atom. The molecule has 0 spiro atoms. The van der Waals surface area contributed by atoms with E-state index in [4.69, 9.17) is 0 Å². The monoisotopic (exact) mass is 195 g/mol. The standard InChI is InChI=1S/C10H10FNO2/c11-9-6-8(5-7-1-2-7)3-4-10(9)12(13)14/h3-4,6-7H,1-2,5H2. The first-order chi connectivity index (χ1) is 6.66. The Balaban J connectivity index is 2.20. The van der Waals surface area contributed by atoms with E-state index in [1.165, 1.54) is 25.0 Å². The summed E-state index contributed by atoms with van der Waals surface area (Å²) in [5, 5.41) is 10.3. The number of rotatable bonds is 3. The van der Waals surface area contributed by atoms with Gasteiger partial charge in [0.15, 0.2) is 0 Å². The first-order valence-electron chi connectivity index (χ1n) is 4.59. The quantitative estimate of drug-likeness (QED) is 0.549. The summed E-state index contributed by atoms with van der Waals surface area (Å²) < 4.78 is 13.1. The number of nitrogens with zero attached hydrogens (tertiary/aromatic N) is 1. The van der Waals surface area contributed by atoms with Gasteiger partial charge in [-0.3, -0.25) is 10.1 Å². The van der Waals surface area contributed by atoms with Gasteiger partial charge >= 0.3 is 5.69 Å². The Bertz CT molecular complexity index is 374. The van der Waals surface area contributed by atoms with Crippen LogP contribution in [0.2, 0.25) is 0 Å². The van der Waals surface area contributed by atoms with Gasteiger partial charge in [0.1, 0.15) is 0 Å². The predicted octanol–water partition coefficient (Wildman–Crippen LogP) is 2.69. The van der Waals surface area contributed by atoms with Crippen LogP contribution in [-0.2, 0) is 6.42 Å². The van der Waals surface area contributed by atoms with Crippen molar-refractivity contribution in [2.24, 2.45) is 5.92 Å². The summed E-state index contributed by atoms with van der Waals surface area (Å²) in [6.45, 7) is 0. The molecule has 1 fully saturated rings. The number of halogens is 1. The number of hydrogen-bond acceptors (Lipinski definition) is 2. The normalized spacial score (nSPS) is 15.5. The molecule has 0 N–H and O–H groups in total. The van der Waals surface area contributed by atoms with E-state index in [2.05, 4.69) is 0 Å². The van der Waals surface area contributed by atoms with Crippen molar-refractivity contribution >= 4 is 5.69 Å². The minimum atomic E-state index is -0.729. The van der Waals surface area contributed by atoms with Crippen LogP contribution in [0, 0.1) is 21.8 Å². The van der Waals surface area contributed by atoms with E-state index in [0.29, 0.717) is 5.92 Å². The van der Waals surface area contributed by atoms with Gasteiger partial charge < -0.3 is 0 Å². The molecule has 4 heteroatoms. The number of hydrogen-bond donors (Lipinski definition) is 0. The molecule has 0 unspecified atom stereocenters. The van der Waals surface area contributed by atoms with Crippen molar-refractivity contribution < 1.29 is 9.31 Å².